The van der Waals surface area contributed by atoms with E-state index in [4.69, 9.17) is 17.7 Å². The predicted octanol–water partition coefficient (Wildman–Crippen LogP) is 7.80. The third-order valence-electron chi connectivity index (χ3n) is 10.7. The standard InChI is InChI=1S/C43H32N4O10/c1-43(2,42(52)53)45-39-33(35-37(57-39)26-8-4-6-10-30(26)55-41(35)51)22-12-14-28-24(16-22)19-47-20-46(28)18-23-15-21(11-13-27(23)47)32-34-36(56-38(32)44-17-31(48)49)25-7-3-5-9-29(25)54-40(34)50/h3-16,44-45H,17-20H2,1-2H3,(H,48,49)(H,52,53). The van der Waals surface area contributed by atoms with Gasteiger partial charge in [-0.25, -0.2) is 14.4 Å². The van der Waals surface area contributed by atoms with Crippen LogP contribution in [0, 0.1) is 0 Å². The molecule has 6 heterocycles. The summed E-state index contributed by atoms with van der Waals surface area (Å²) in [5.41, 5.74) is 4.70. The first-order chi connectivity index (χ1) is 27.4. The normalized spacial score (nSPS) is 13.6. The zero-order valence-electron chi connectivity index (χ0n) is 30.5. The molecule has 0 saturated carbocycles. The molecule has 4 aromatic heterocycles. The molecule has 4 N–H and O–H groups in total. The van der Waals surface area contributed by atoms with Gasteiger partial charge in [0.25, 0.3) is 0 Å². The Hall–Kier alpha value is -7.48. The maximum atomic E-state index is 13.6. The lowest BCUT2D eigenvalue weighted by Crippen LogP contribution is -2.46. The van der Waals surface area contributed by atoms with Crippen LogP contribution in [-0.2, 0) is 22.7 Å². The van der Waals surface area contributed by atoms with Gasteiger partial charge in [0, 0.05) is 24.5 Å². The van der Waals surface area contributed by atoms with Crippen LogP contribution in [0.25, 0.3) is 66.1 Å². The highest BCUT2D eigenvalue weighted by Gasteiger charge is 2.34. The molecule has 10 rings (SSSR count). The maximum absolute atomic E-state index is 13.6. The van der Waals surface area contributed by atoms with Gasteiger partial charge in [-0.2, -0.15) is 0 Å². The number of hydrogen-bond acceptors (Lipinski definition) is 12. The van der Waals surface area contributed by atoms with Crippen LogP contribution in [0.1, 0.15) is 25.0 Å². The van der Waals surface area contributed by atoms with Gasteiger partial charge in [-0.1, -0.05) is 36.4 Å². The second-order valence-corrected chi connectivity index (χ2v) is 14.8. The number of para-hydroxylation sites is 2. The Bertz CT molecular complexity index is 3150. The summed E-state index contributed by atoms with van der Waals surface area (Å²) in [6.45, 7) is 4.25. The van der Waals surface area contributed by atoms with E-state index in [1.54, 1.807) is 36.4 Å². The molecule has 0 atom stereocenters. The fourth-order valence-corrected chi connectivity index (χ4v) is 8.07. The summed E-state index contributed by atoms with van der Waals surface area (Å²) in [4.78, 5) is 55.3. The predicted molar refractivity (Wildman–Crippen MR) is 214 cm³/mol. The van der Waals surface area contributed by atoms with Gasteiger partial charge >= 0.3 is 23.2 Å². The molecule has 4 aromatic carbocycles. The molecule has 8 aromatic rings. The van der Waals surface area contributed by atoms with Crippen molar-refractivity contribution in [3.05, 3.63) is 117 Å². The summed E-state index contributed by atoms with van der Waals surface area (Å²) in [6, 6.07) is 25.8. The van der Waals surface area contributed by atoms with Crippen molar-refractivity contribution >= 4 is 79.0 Å². The number of aliphatic carboxylic acids is 2. The van der Waals surface area contributed by atoms with Crippen LogP contribution in [0.5, 0.6) is 0 Å². The summed E-state index contributed by atoms with van der Waals surface area (Å²) < 4.78 is 23.9. The van der Waals surface area contributed by atoms with Gasteiger partial charge in [0.2, 0.25) is 11.8 Å². The molecular weight excluding hydrogens is 732 g/mol. The molecule has 0 aliphatic carbocycles. The van der Waals surface area contributed by atoms with Gasteiger partial charge in [0.05, 0.1) is 28.6 Å². The van der Waals surface area contributed by atoms with Crippen LogP contribution in [-0.4, -0.2) is 40.9 Å². The Kier molecular flexibility index (Phi) is 7.32. The summed E-state index contributed by atoms with van der Waals surface area (Å²) in [5.74, 6) is -1.90. The van der Waals surface area contributed by atoms with Gasteiger partial charge in [0.1, 0.15) is 34.0 Å². The minimum Gasteiger partial charge on any atom is -0.480 e. The SMILES string of the molecule is CC(C)(Nc1oc2c(c1-c1ccc3c(c1)CN1CN3Cc3cc(-c4c(NCC(=O)O)oc5c4c(=O)oc4ccccc45)ccc31)c(=O)oc1ccccc12)C(=O)O. The lowest BCUT2D eigenvalue weighted by Gasteiger charge is -2.45. The van der Waals surface area contributed by atoms with E-state index in [1.807, 2.05) is 48.5 Å². The first-order valence-electron chi connectivity index (χ1n) is 18.2. The lowest BCUT2D eigenvalue weighted by molar-refractivity contribution is -0.141. The Balaban J connectivity index is 1.06. The molecule has 14 nitrogen and oxygen atoms in total. The van der Waals surface area contributed by atoms with Gasteiger partial charge in [-0.15, -0.1) is 0 Å². The number of anilines is 4. The molecule has 0 spiro atoms. The minimum atomic E-state index is -1.43. The van der Waals surface area contributed by atoms with Crippen LogP contribution in [0.2, 0.25) is 0 Å². The largest absolute Gasteiger partial charge is 0.480 e. The van der Waals surface area contributed by atoms with Crippen molar-refractivity contribution in [2.45, 2.75) is 32.5 Å². The van der Waals surface area contributed by atoms with Crippen molar-refractivity contribution in [2.24, 2.45) is 0 Å². The Morgan fingerprint density at radius 3 is 1.68 bits per heavy atom. The molecule has 57 heavy (non-hydrogen) atoms. The van der Waals surface area contributed by atoms with Gasteiger partial charge in [-0.3, -0.25) is 4.79 Å². The fraction of sp³-hybridized carbons (Fsp3) is 0.163. The van der Waals surface area contributed by atoms with Crippen molar-refractivity contribution < 1.29 is 37.5 Å². The zero-order chi connectivity index (χ0) is 39.3. The fourth-order valence-electron chi connectivity index (χ4n) is 8.07. The summed E-state index contributed by atoms with van der Waals surface area (Å²) in [6.07, 6.45) is 0. The molecule has 0 fully saturated rings. The minimum absolute atomic E-state index is 0.140. The quantitative estimate of drug-likeness (QED) is 0.110. The van der Waals surface area contributed by atoms with Crippen molar-refractivity contribution in [3.8, 4) is 22.3 Å². The second-order valence-electron chi connectivity index (χ2n) is 14.8. The average Bonchev–Trinajstić information content (AvgIpc) is 3.77. The first-order valence-corrected chi connectivity index (χ1v) is 18.2. The third kappa shape index (κ3) is 5.32. The summed E-state index contributed by atoms with van der Waals surface area (Å²) >= 11 is 0. The van der Waals surface area contributed by atoms with E-state index in [1.165, 1.54) is 13.8 Å². The smallest absolute Gasteiger partial charge is 0.348 e. The molecule has 2 aliphatic heterocycles. The average molecular weight is 765 g/mol. The number of carbonyl (C=O) groups is 2. The molecule has 0 unspecified atom stereocenters. The molecule has 284 valence electrons. The molecule has 0 saturated heterocycles. The Morgan fingerprint density at radius 1 is 0.684 bits per heavy atom. The molecule has 14 heteroatoms. The highest BCUT2D eigenvalue weighted by Crippen LogP contribution is 2.46. The van der Waals surface area contributed by atoms with E-state index < -0.39 is 35.3 Å². The first kappa shape index (κ1) is 34.0. The molecule has 2 bridgehead atoms. The number of rotatable bonds is 8. The number of nitrogens with one attached hydrogen (secondary N) is 2. The van der Waals surface area contributed by atoms with Crippen molar-refractivity contribution in [1.29, 1.82) is 0 Å². The number of benzene rings is 4. The number of carboxylic acid groups (broad SMARTS) is 2. The number of hydrogen-bond donors (Lipinski definition) is 4. The van der Waals surface area contributed by atoms with E-state index in [2.05, 4.69) is 20.4 Å². The maximum Gasteiger partial charge on any atom is 0.348 e. The van der Waals surface area contributed by atoms with Crippen LogP contribution < -0.4 is 31.7 Å². The van der Waals surface area contributed by atoms with E-state index >= 15 is 0 Å². The summed E-state index contributed by atoms with van der Waals surface area (Å²) in [5, 5.41) is 26.9. The topological polar surface area (TPSA) is 192 Å². The number of carboxylic acids is 2. The molecule has 2 aliphatic rings. The lowest BCUT2D eigenvalue weighted by atomic mass is 9.94. The number of furan rings is 2. The Morgan fingerprint density at radius 2 is 1.18 bits per heavy atom. The number of fused-ring (bicyclic) bond motifs is 12. The van der Waals surface area contributed by atoms with Crippen molar-refractivity contribution in [2.75, 3.05) is 33.6 Å². The van der Waals surface area contributed by atoms with E-state index in [0.717, 1.165) is 22.5 Å². The van der Waals surface area contributed by atoms with E-state index in [9.17, 15) is 29.4 Å². The van der Waals surface area contributed by atoms with Gasteiger partial charge in [0.15, 0.2) is 11.2 Å². The monoisotopic (exact) mass is 764 g/mol. The van der Waals surface area contributed by atoms with Gasteiger partial charge < -0.3 is 48.3 Å². The second kappa shape index (κ2) is 12.3. The zero-order valence-corrected chi connectivity index (χ0v) is 30.5. The number of nitrogens with zero attached hydrogens (tertiary/aromatic N) is 2. The van der Waals surface area contributed by atoms with E-state index in [-0.39, 0.29) is 22.5 Å². The van der Waals surface area contributed by atoms with Crippen molar-refractivity contribution in [3.63, 3.8) is 0 Å². The molecule has 0 radical (unpaired) electrons. The van der Waals surface area contributed by atoms with Crippen LogP contribution in [0.4, 0.5) is 23.1 Å². The highest BCUT2D eigenvalue weighted by molar-refractivity contribution is 6.11. The van der Waals surface area contributed by atoms with Gasteiger partial charge in [-0.05, 0) is 84.6 Å². The van der Waals surface area contributed by atoms with Crippen LogP contribution in [0.15, 0.2) is 112 Å². The van der Waals surface area contributed by atoms with Crippen LogP contribution >= 0.6 is 0 Å². The Labute approximate surface area is 321 Å². The summed E-state index contributed by atoms with van der Waals surface area (Å²) in [7, 11) is 0. The highest BCUT2D eigenvalue weighted by atomic mass is 16.4. The molecule has 0 amide bonds. The van der Waals surface area contributed by atoms with Crippen LogP contribution in [0.3, 0.4) is 0 Å². The third-order valence-corrected chi connectivity index (χ3v) is 10.7. The van der Waals surface area contributed by atoms with Crippen molar-refractivity contribution in [1.82, 2.24) is 0 Å². The molecular formula is C43H32N4O10. The van der Waals surface area contributed by atoms with E-state index in [0.29, 0.717) is 75.1 Å².